The zero-order valence-electron chi connectivity index (χ0n) is 11.2. The minimum absolute atomic E-state index is 0.0802. The Balaban J connectivity index is 2.07. The molecule has 0 radical (unpaired) electrons. The predicted octanol–water partition coefficient (Wildman–Crippen LogP) is 1.21. The zero-order valence-corrected chi connectivity index (χ0v) is 11.2. The van der Waals surface area contributed by atoms with Crippen LogP contribution < -0.4 is 11.1 Å². The van der Waals surface area contributed by atoms with Gasteiger partial charge in [0.05, 0.1) is 24.6 Å². The molecule has 1 aromatic rings. The number of anilines is 2. The lowest BCUT2D eigenvalue weighted by Crippen LogP contribution is -2.47. The largest absolute Gasteiger partial charge is 0.395 e. The smallest absolute Gasteiger partial charge is 0.244 e. The molecule has 0 aliphatic carbocycles. The molecule has 1 aromatic carbocycles. The van der Waals surface area contributed by atoms with E-state index in [1.807, 2.05) is 0 Å². The molecule has 0 saturated carbocycles. The van der Waals surface area contributed by atoms with E-state index >= 15 is 0 Å². The molecular weight excluding hydrogens is 268 g/mol. The summed E-state index contributed by atoms with van der Waals surface area (Å²) in [4.78, 5) is 13.8. The number of benzene rings is 1. The first kappa shape index (κ1) is 14.5. The molecule has 1 aliphatic rings. The van der Waals surface area contributed by atoms with Gasteiger partial charge in [0.1, 0.15) is 11.9 Å². The quantitative estimate of drug-likeness (QED) is 0.819. The highest BCUT2D eigenvalue weighted by atomic mass is 19.1. The van der Waals surface area contributed by atoms with Crippen LogP contribution in [0, 0.1) is 11.6 Å². The molecule has 0 bridgehead atoms. The Morgan fingerprint density at radius 3 is 2.70 bits per heavy atom. The molecule has 0 aromatic heterocycles. The van der Waals surface area contributed by atoms with E-state index in [0.29, 0.717) is 32.4 Å². The molecule has 1 amide bonds. The fourth-order valence-corrected chi connectivity index (χ4v) is 2.06. The molecule has 1 atom stereocenters. The van der Waals surface area contributed by atoms with Crippen LogP contribution in [0.4, 0.5) is 20.2 Å². The second-order valence-electron chi connectivity index (χ2n) is 4.65. The molecule has 3 N–H and O–H groups in total. The van der Waals surface area contributed by atoms with Gasteiger partial charge >= 0.3 is 0 Å². The van der Waals surface area contributed by atoms with Crippen LogP contribution in [0.25, 0.3) is 0 Å². The number of nitrogens with zero attached hydrogens (tertiary/aromatic N) is 1. The van der Waals surface area contributed by atoms with Gasteiger partial charge in [-0.05, 0) is 13.0 Å². The molecule has 1 saturated heterocycles. The minimum Gasteiger partial charge on any atom is -0.395 e. The van der Waals surface area contributed by atoms with Crippen LogP contribution in [0.1, 0.15) is 6.92 Å². The van der Waals surface area contributed by atoms with Crippen molar-refractivity contribution in [3.63, 3.8) is 0 Å². The third-order valence-corrected chi connectivity index (χ3v) is 3.16. The second-order valence-corrected chi connectivity index (χ2v) is 4.65. The summed E-state index contributed by atoms with van der Waals surface area (Å²) in [5.74, 6) is -1.75. The monoisotopic (exact) mass is 285 g/mol. The van der Waals surface area contributed by atoms with Crippen molar-refractivity contribution < 1.29 is 18.3 Å². The van der Waals surface area contributed by atoms with Gasteiger partial charge in [-0.1, -0.05) is 0 Å². The summed E-state index contributed by atoms with van der Waals surface area (Å²) in [6.45, 7) is 3.64. The lowest BCUT2D eigenvalue weighted by atomic mass is 10.2. The third-order valence-electron chi connectivity index (χ3n) is 3.16. The maximum atomic E-state index is 13.3. The minimum atomic E-state index is -0.849. The van der Waals surface area contributed by atoms with Crippen molar-refractivity contribution in [2.75, 3.05) is 37.4 Å². The van der Waals surface area contributed by atoms with Crippen molar-refractivity contribution in [3.8, 4) is 0 Å². The second kappa shape index (κ2) is 6.04. The summed E-state index contributed by atoms with van der Waals surface area (Å²) in [6, 6.07) is 1.15. The molecule has 110 valence electrons. The van der Waals surface area contributed by atoms with Crippen LogP contribution in [-0.2, 0) is 9.53 Å². The number of ether oxygens (including phenoxy) is 1. The first-order valence-electron chi connectivity index (χ1n) is 6.36. The summed E-state index contributed by atoms with van der Waals surface area (Å²) < 4.78 is 31.7. The highest BCUT2D eigenvalue weighted by molar-refractivity contribution is 5.85. The number of nitrogens with two attached hydrogens (primary N) is 1. The van der Waals surface area contributed by atoms with Gasteiger partial charge in [0.2, 0.25) is 5.91 Å². The number of nitrogen functional groups attached to an aromatic ring is 1. The van der Waals surface area contributed by atoms with E-state index in [0.717, 1.165) is 6.07 Å². The van der Waals surface area contributed by atoms with Gasteiger partial charge in [-0.3, -0.25) is 4.79 Å². The van der Waals surface area contributed by atoms with Gasteiger partial charge in [-0.2, -0.15) is 0 Å². The molecule has 1 aliphatic heterocycles. The number of carbonyl (C=O) groups excluding carboxylic acids is 1. The van der Waals surface area contributed by atoms with Crippen LogP contribution in [0.2, 0.25) is 0 Å². The highest BCUT2D eigenvalue weighted by Crippen LogP contribution is 2.24. The lowest BCUT2D eigenvalue weighted by molar-refractivity contribution is -0.135. The number of halogens is 2. The molecule has 0 spiro atoms. The predicted molar refractivity (Wildman–Crippen MR) is 71.3 cm³/mol. The summed E-state index contributed by atoms with van der Waals surface area (Å²) in [5.41, 5.74) is 5.41. The van der Waals surface area contributed by atoms with Gasteiger partial charge in [-0.15, -0.1) is 0 Å². The Morgan fingerprint density at radius 2 is 2.05 bits per heavy atom. The average molecular weight is 285 g/mol. The SMILES string of the molecule is CC(Nc1cc(F)cc(F)c1N)C(=O)N1CCOCC1. The first-order valence-corrected chi connectivity index (χ1v) is 6.36. The third kappa shape index (κ3) is 3.16. The molecule has 2 rings (SSSR count). The maximum Gasteiger partial charge on any atom is 0.244 e. The van der Waals surface area contributed by atoms with Crippen molar-refractivity contribution in [1.29, 1.82) is 0 Å². The van der Waals surface area contributed by atoms with Gasteiger partial charge in [0.15, 0.2) is 5.82 Å². The van der Waals surface area contributed by atoms with Crippen molar-refractivity contribution in [3.05, 3.63) is 23.8 Å². The fourth-order valence-electron chi connectivity index (χ4n) is 2.06. The number of morpholine rings is 1. The van der Waals surface area contributed by atoms with Crippen LogP contribution in [0.3, 0.4) is 0 Å². The van der Waals surface area contributed by atoms with E-state index in [1.165, 1.54) is 0 Å². The standard InChI is InChI=1S/C13H17F2N3O2/c1-8(13(19)18-2-4-20-5-3-18)17-11-7-9(14)6-10(15)12(11)16/h6-8,17H,2-5,16H2,1H3. The number of hydrogen-bond donors (Lipinski definition) is 2. The Hall–Kier alpha value is -1.89. The van der Waals surface area contributed by atoms with E-state index in [-0.39, 0.29) is 17.3 Å². The summed E-state index contributed by atoms with van der Waals surface area (Å²) in [5, 5.41) is 2.75. The van der Waals surface area contributed by atoms with Crippen molar-refractivity contribution in [2.24, 2.45) is 0 Å². The summed E-state index contributed by atoms with van der Waals surface area (Å²) in [6.07, 6.45) is 0. The van der Waals surface area contributed by atoms with E-state index in [2.05, 4.69) is 5.32 Å². The number of nitrogens with one attached hydrogen (secondary N) is 1. The lowest BCUT2D eigenvalue weighted by Gasteiger charge is -2.30. The summed E-state index contributed by atoms with van der Waals surface area (Å²) in [7, 11) is 0. The topological polar surface area (TPSA) is 67.6 Å². The zero-order chi connectivity index (χ0) is 14.7. The molecule has 20 heavy (non-hydrogen) atoms. The van der Waals surface area contributed by atoms with Gasteiger partial charge in [0.25, 0.3) is 0 Å². The normalized spacial score (nSPS) is 16.9. The van der Waals surface area contributed by atoms with E-state index in [4.69, 9.17) is 10.5 Å². The van der Waals surface area contributed by atoms with E-state index in [1.54, 1.807) is 11.8 Å². The Morgan fingerprint density at radius 1 is 1.40 bits per heavy atom. The Kier molecular flexibility index (Phi) is 4.39. The maximum absolute atomic E-state index is 13.3. The van der Waals surface area contributed by atoms with Crippen LogP contribution in [0.5, 0.6) is 0 Å². The molecular formula is C13H17F2N3O2. The van der Waals surface area contributed by atoms with Crippen LogP contribution in [-0.4, -0.2) is 43.2 Å². The highest BCUT2D eigenvalue weighted by Gasteiger charge is 2.23. The number of rotatable bonds is 3. The number of carbonyl (C=O) groups is 1. The molecule has 1 fully saturated rings. The van der Waals surface area contributed by atoms with Crippen LogP contribution in [0.15, 0.2) is 12.1 Å². The van der Waals surface area contributed by atoms with Gasteiger partial charge in [0, 0.05) is 19.2 Å². The Labute approximate surface area is 115 Å². The first-order chi connectivity index (χ1) is 9.49. The molecule has 5 nitrogen and oxygen atoms in total. The molecule has 1 unspecified atom stereocenters. The number of amides is 1. The van der Waals surface area contributed by atoms with Crippen molar-refractivity contribution >= 4 is 17.3 Å². The van der Waals surface area contributed by atoms with Crippen molar-refractivity contribution in [2.45, 2.75) is 13.0 Å². The fraction of sp³-hybridized carbons (Fsp3) is 0.462. The van der Waals surface area contributed by atoms with Gasteiger partial charge < -0.3 is 20.7 Å². The number of hydrogen-bond acceptors (Lipinski definition) is 4. The Bertz CT molecular complexity index is 505. The average Bonchev–Trinajstić information content (AvgIpc) is 2.44. The van der Waals surface area contributed by atoms with E-state index in [9.17, 15) is 13.6 Å². The van der Waals surface area contributed by atoms with Gasteiger partial charge in [-0.25, -0.2) is 8.78 Å². The summed E-state index contributed by atoms with van der Waals surface area (Å²) >= 11 is 0. The molecule has 7 heteroatoms. The van der Waals surface area contributed by atoms with E-state index < -0.39 is 17.7 Å². The van der Waals surface area contributed by atoms with Crippen molar-refractivity contribution in [1.82, 2.24) is 4.90 Å². The molecule has 1 heterocycles. The van der Waals surface area contributed by atoms with Crippen LogP contribution >= 0.6 is 0 Å².